The topological polar surface area (TPSA) is 20.3 Å². The average Bonchev–Trinajstić information content (AvgIpc) is 2.79. The largest absolute Gasteiger partial charge is 0.270 e. The minimum atomic E-state index is -0.357. The lowest BCUT2D eigenvalue weighted by atomic mass is 10.1. The maximum atomic E-state index is 13.8. The van der Waals surface area contributed by atoms with Crippen LogP contribution in [-0.4, -0.2) is 10.2 Å². The summed E-state index contributed by atoms with van der Waals surface area (Å²) in [6, 6.07) is 12.1. The Morgan fingerprint density at radius 3 is 2.57 bits per heavy atom. The molecule has 0 bridgehead atoms. The van der Waals surface area contributed by atoms with Crippen LogP contribution in [0.1, 0.15) is 16.7 Å². The number of halogens is 1. The molecule has 1 saturated heterocycles. The third-order valence-electron chi connectivity index (χ3n) is 3.73. The van der Waals surface area contributed by atoms with E-state index in [2.05, 4.69) is 0 Å². The van der Waals surface area contributed by atoms with Crippen LogP contribution < -0.4 is 4.90 Å². The molecule has 23 heavy (non-hydrogen) atoms. The van der Waals surface area contributed by atoms with Gasteiger partial charge in [-0.1, -0.05) is 48.2 Å². The standard InChI is InChI=1S/C18H14FNOS2/c1-11-7-8-14(9-12(11)2)20-17(21)16(23-18(20)22)10-13-5-3-4-6-15(13)19/h3-10H,1-2H3. The van der Waals surface area contributed by atoms with E-state index < -0.39 is 0 Å². The van der Waals surface area contributed by atoms with Gasteiger partial charge in [-0.2, -0.15) is 0 Å². The van der Waals surface area contributed by atoms with Crippen molar-refractivity contribution in [2.24, 2.45) is 0 Å². The number of carbonyl (C=O) groups excluding carboxylic acids is 1. The number of aryl methyl sites for hydroxylation is 2. The molecule has 0 spiro atoms. The van der Waals surface area contributed by atoms with Crippen LogP contribution in [0.15, 0.2) is 47.4 Å². The van der Waals surface area contributed by atoms with Gasteiger partial charge in [-0.3, -0.25) is 9.69 Å². The van der Waals surface area contributed by atoms with E-state index in [-0.39, 0.29) is 11.7 Å². The quantitative estimate of drug-likeness (QED) is 0.574. The monoisotopic (exact) mass is 343 g/mol. The molecular formula is C18H14FNOS2. The number of hydrogen-bond acceptors (Lipinski definition) is 3. The van der Waals surface area contributed by atoms with E-state index >= 15 is 0 Å². The molecule has 0 aliphatic carbocycles. The van der Waals surface area contributed by atoms with Crippen molar-refractivity contribution >= 4 is 46.0 Å². The van der Waals surface area contributed by atoms with E-state index in [0.29, 0.717) is 14.8 Å². The lowest BCUT2D eigenvalue weighted by Gasteiger charge is -2.15. The first-order valence-electron chi connectivity index (χ1n) is 7.07. The van der Waals surface area contributed by atoms with Gasteiger partial charge in [0.1, 0.15) is 5.82 Å². The Labute approximate surface area is 144 Å². The summed E-state index contributed by atoms with van der Waals surface area (Å²) in [5.74, 6) is -0.574. The fourth-order valence-electron chi connectivity index (χ4n) is 2.29. The normalized spacial score (nSPS) is 16.5. The number of thiocarbonyl (C=S) groups is 1. The van der Waals surface area contributed by atoms with E-state index in [4.69, 9.17) is 12.2 Å². The first-order valence-corrected chi connectivity index (χ1v) is 8.29. The summed E-state index contributed by atoms with van der Waals surface area (Å²) in [5.41, 5.74) is 3.37. The second-order valence-corrected chi connectivity index (χ2v) is 6.98. The zero-order valence-corrected chi connectivity index (χ0v) is 14.3. The van der Waals surface area contributed by atoms with Crippen molar-refractivity contribution in [3.05, 3.63) is 69.9 Å². The van der Waals surface area contributed by atoms with Gasteiger partial charge >= 0.3 is 0 Å². The molecule has 1 fully saturated rings. The minimum Gasteiger partial charge on any atom is -0.268 e. The molecular weight excluding hydrogens is 329 g/mol. The smallest absolute Gasteiger partial charge is 0.268 e. The molecule has 0 atom stereocenters. The van der Waals surface area contributed by atoms with Gasteiger partial charge in [0, 0.05) is 5.56 Å². The van der Waals surface area contributed by atoms with Crippen molar-refractivity contribution in [1.82, 2.24) is 0 Å². The molecule has 1 heterocycles. The van der Waals surface area contributed by atoms with Crippen molar-refractivity contribution in [3.8, 4) is 0 Å². The van der Waals surface area contributed by atoms with Gasteiger partial charge in [0.2, 0.25) is 0 Å². The SMILES string of the molecule is Cc1ccc(N2C(=O)C(=Cc3ccccc3F)SC2=S)cc1C. The number of rotatable bonds is 2. The molecule has 0 radical (unpaired) electrons. The number of amides is 1. The van der Waals surface area contributed by atoms with Crippen LogP contribution in [0.5, 0.6) is 0 Å². The van der Waals surface area contributed by atoms with Crippen molar-refractivity contribution < 1.29 is 9.18 Å². The Hall–Kier alpha value is -1.98. The van der Waals surface area contributed by atoms with Crippen molar-refractivity contribution in [2.75, 3.05) is 4.90 Å². The van der Waals surface area contributed by atoms with Crippen molar-refractivity contribution in [3.63, 3.8) is 0 Å². The van der Waals surface area contributed by atoms with Crippen molar-refractivity contribution in [2.45, 2.75) is 13.8 Å². The summed E-state index contributed by atoms with van der Waals surface area (Å²) < 4.78 is 14.2. The van der Waals surface area contributed by atoms with Gasteiger partial charge in [0.15, 0.2) is 4.32 Å². The molecule has 1 aliphatic heterocycles. The van der Waals surface area contributed by atoms with Gasteiger partial charge in [-0.25, -0.2) is 4.39 Å². The van der Waals surface area contributed by atoms with E-state index in [0.717, 1.165) is 16.8 Å². The molecule has 5 heteroatoms. The maximum Gasteiger partial charge on any atom is 0.270 e. The molecule has 2 aromatic rings. The van der Waals surface area contributed by atoms with Gasteiger partial charge in [-0.05, 0) is 49.2 Å². The minimum absolute atomic E-state index is 0.216. The first kappa shape index (κ1) is 15.9. The van der Waals surface area contributed by atoms with E-state index in [1.54, 1.807) is 24.3 Å². The molecule has 2 nitrogen and oxygen atoms in total. The number of nitrogens with zero attached hydrogens (tertiary/aromatic N) is 1. The van der Waals surface area contributed by atoms with Crippen LogP contribution in [-0.2, 0) is 4.79 Å². The van der Waals surface area contributed by atoms with Gasteiger partial charge in [0.05, 0.1) is 10.6 Å². The van der Waals surface area contributed by atoms with Gasteiger partial charge in [-0.15, -0.1) is 0 Å². The zero-order valence-electron chi connectivity index (χ0n) is 12.7. The van der Waals surface area contributed by atoms with Crippen LogP contribution >= 0.6 is 24.0 Å². The summed E-state index contributed by atoms with van der Waals surface area (Å²) in [7, 11) is 0. The summed E-state index contributed by atoms with van der Waals surface area (Å²) in [6.07, 6.45) is 1.55. The zero-order chi connectivity index (χ0) is 16.6. The Morgan fingerprint density at radius 2 is 1.87 bits per heavy atom. The average molecular weight is 343 g/mol. The number of thioether (sulfide) groups is 1. The Morgan fingerprint density at radius 1 is 1.13 bits per heavy atom. The second kappa shape index (κ2) is 6.26. The Bertz CT molecular complexity index is 845. The fraction of sp³-hybridized carbons (Fsp3) is 0.111. The van der Waals surface area contributed by atoms with Crippen LogP contribution in [0.25, 0.3) is 6.08 Å². The Kier molecular flexibility index (Phi) is 4.33. The van der Waals surface area contributed by atoms with E-state index in [1.165, 1.54) is 22.7 Å². The van der Waals surface area contributed by atoms with Gasteiger partial charge < -0.3 is 0 Å². The molecule has 3 rings (SSSR count). The number of hydrogen-bond donors (Lipinski definition) is 0. The lowest BCUT2D eigenvalue weighted by Crippen LogP contribution is -2.27. The lowest BCUT2D eigenvalue weighted by molar-refractivity contribution is -0.113. The van der Waals surface area contributed by atoms with E-state index in [1.807, 2.05) is 32.0 Å². The highest BCUT2D eigenvalue weighted by molar-refractivity contribution is 8.27. The molecule has 1 amide bonds. The maximum absolute atomic E-state index is 13.8. The predicted molar refractivity (Wildman–Crippen MR) is 98.0 cm³/mol. The van der Waals surface area contributed by atoms with Gasteiger partial charge in [0.25, 0.3) is 5.91 Å². The molecule has 0 aromatic heterocycles. The summed E-state index contributed by atoms with van der Waals surface area (Å²) in [6.45, 7) is 4.01. The van der Waals surface area contributed by atoms with Crippen LogP contribution in [0.4, 0.5) is 10.1 Å². The Balaban J connectivity index is 1.97. The summed E-state index contributed by atoms with van der Waals surface area (Å²) in [5, 5.41) is 0. The number of anilines is 1. The van der Waals surface area contributed by atoms with E-state index in [9.17, 15) is 9.18 Å². The molecule has 0 unspecified atom stereocenters. The highest BCUT2D eigenvalue weighted by Gasteiger charge is 2.33. The van der Waals surface area contributed by atoms with Crippen LogP contribution in [0.3, 0.4) is 0 Å². The summed E-state index contributed by atoms with van der Waals surface area (Å²) >= 11 is 6.53. The molecule has 0 N–H and O–H groups in total. The molecule has 0 saturated carbocycles. The van der Waals surface area contributed by atoms with Crippen LogP contribution in [0.2, 0.25) is 0 Å². The second-order valence-electron chi connectivity index (χ2n) is 5.31. The highest BCUT2D eigenvalue weighted by atomic mass is 32.2. The third-order valence-corrected chi connectivity index (χ3v) is 5.04. The van der Waals surface area contributed by atoms with Crippen molar-refractivity contribution in [1.29, 1.82) is 0 Å². The number of benzene rings is 2. The molecule has 116 valence electrons. The van der Waals surface area contributed by atoms with Crippen LogP contribution in [0, 0.1) is 19.7 Å². The fourth-order valence-corrected chi connectivity index (χ4v) is 3.58. The molecule has 1 aliphatic rings. The highest BCUT2D eigenvalue weighted by Crippen LogP contribution is 2.36. The number of carbonyl (C=O) groups is 1. The first-order chi connectivity index (χ1) is 11.0. The third kappa shape index (κ3) is 3.07. The molecule has 2 aromatic carbocycles. The predicted octanol–water partition coefficient (Wildman–Crippen LogP) is 4.85. The summed E-state index contributed by atoms with van der Waals surface area (Å²) in [4.78, 5) is 14.6.